The van der Waals surface area contributed by atoms with Crippen LogP contribution in [0.25, 0.3) is 11.2 Å². The minimum Gasteiger partial charge on any atom is -0.388 e. The normalized spacial score (nSPS) is 12.4. The van der Waals surface area contributed by atoms with Crippen LogP contribution >= 0.6 is 8.53 Å². The molecule has 1 amide bonds. The zero-order valence-electron chi connectivity index (χ0n) is 18.1. The molecule has 0 aliphatic carbocycles. The summed E-state index contributed by atoms with van der Waals surface area (Å²) < 4.78 is 15.9. The van der Waals surface area contributed by atoms with Crippen LogP contribution in [0.4, 0.5) is 0 Å². The number of carbonyl (C=O) groups excluding carboxylic acids is 1. The van der Waals surface area contributed by atoms with Gasteiger partial charge in [0.1, 0.15) is 17.9 Å². The molecule has 1 radical (unpaired) electrons. The number of primary amides is 1. The van der Waals surface area contributed by atoms with Crippen LogP contribution in [0, 0.1) is 11.3 Å². The van der Waals surface area contributed by atoms with Crippen molar-refractivity contribution in [2.45, 2.75) is 59.4 Å². The molecule has 0 bridgehead atoms. The van der Waals surface area contributed by atoms with Gasteiger partial charge in [0.15, 0.2) is 5.65 Å². The van der Waals surface area contributed by atoms with Crippen LogP contribution in [0.3, 0.4) is 0 Å². The quantitative estimate of drug-likeness (QED) is 0.270. The molecule has 173 valence electrons. The first-order chi connectivity index (χ1) is 14.3. The summed E-state index contributed by atoms with van der Waals surface area (Å²) in [6, 6.07) is 4.04. The maximum atomic E-state index is 11.4. The molecule has 1 unspecified atom stereocenters. The van der Waals surface area contributed by atoms with Crippen molar-refractivity contribution in [2.75, 3.05) is 13.2 Å². The summed E-state index contributed by atoms with van der Waals surface area (Å²) in [6.45, 7) is 8.98. The number of rotatable bonds is 12. The van der Waals surface area contributed by atoms with E-state index in [2.05, 4.69) is 48.4 Å². The van der Waals surface area contributed by atoms with E-state index in [1.165, 1.54) is 6.20 Å². The average Bonchev–Trinajstić information content (AvgIpc) is 3.04. The number of aliphatic hydroxyl groups excluding tert-OH is 1. The fraction of sp³-hybridized carbons (Fsp3) is 0.579. The number of hydrogen-bond acceptors (Lipinski definition) is 8. The molecule has 2 rings (SSSR count). The summed E-state index contributed by atoms with van der Waals surface area (Å²) in [5.74, 6) is -0.169. The van der Waals surface area contributed by atoms with E-state index in [0.29, 0.717) is 43.2 Å². The van der Waals surface area contributed by atoms with Gasteiger partial charge in [-0.3, -0.25) is 4.79 Å². The van der Waals surface area contributed by atoms with Crippen LogP contribution in [0.2, 0.25) is 0 Å². The van der Waals surface area contributed by atoms with Gasteiger partial charge in [0, 0.05) is 44.9 Å². The van der Waals surface area contributed by atoms with Crippen molar-refractivity contribution in [2.24, 2.45) is 5.73 Å². The zero-order chi connectivity index (χ0) is 22.3. The average molecular weight is 629 g/mol. The van der Waals surface area contributed by atoms with E-state index in [9.17, 15) is 9.90 Å². The molecule has 10 nitrogen and oxygen atoms in total. The second-order valence-electron chi connectivity index (χ2n) is 7.15. The number of amides is 1. The summed E-state index contributed by atoms with van der Waals surface area (Å²) in [5, 5.41) is 18.5. The Morgan fingerprint density at radius 1 is 1.32 bits per heavy atom. The van der Waals surface area contributed by atoms with Crippen LogP contribution in [-0.2, 0) is 42.3 Å². The van der Waals surface area contributed by atoms with Gasteiger partial charge in [-0.2, -0.15) is 5.26 Å². The maximum absolute atomic E-state index is 11.4. The molecule has 0 aliphatic heterocycles. The van der Waals surface area contributed by atoms with Crippen LogP contribution in [-0.4, -0.2) is 55.5 Å². The van der Waals surface area contributed by atoms with Gasteiger partial charge in [-0.15, -0.1) is 0 Å². The fourth-order valence-electron chi connectivity index (χ4n) is 3.07. The number of fused-ring (bicyclic) bond motifs is 1. The molecule has 12 heteroatoms. The van der Waals surface area contributed by atoms with E-state index in [-0.39, 0.29) is 44.4 Å². The van der Waals surface area contributed by atoms with Crippen LogP contribution in [0.15, 0.2) is 12.3 Å². The number of carbonyl (C=O) groups is 1. The van der Waals surface area contributed by atoms with Crippen molar-refractivity contribution >= 4 is 25.6 Å². The number of nitrogens with two attached hydrogens (primary N) is 1. The molecule has 2 heterocycles. The van der Waals surface area contributed by atoms with Crippen molar-refractivity contribution in [1.29, 1.82) is 5.26 Å². The van der Waals surface area contributed by atoms with E-state index >= 15 is 0 Å². The van der Waals surface area contributed by atoms with Gasteiger partial charge >= 0.3 is 0 Å². The van der Waals surface area contributed by atoms with Gasteiger partial charge in [-0.1, -0.05) is 0 Å². The minimum atomic E-state index is -1.36. The molecule has 0 saturated heterocycles. The molecule has 0 spiro atoms. The molecule has 0 saturated carbocycles. The SMILES string of the molecule is CC(C)N(C(C)C)P(OCCC#N)OCCn1c(CO)nc2cc(C(N)=O)cnc21.[Ir]. The summed E-state index contributed by atoms with van der Waals surface area (Å²) in [4.78, 5) is 20.0. The Morgan fingerprint density at radius 3 is 2.52 bits per heavy atom. The number of nitrogens with zero attached hydrogens (tertiary/aromatic N) is 5. The summed E-state index contributed by atoms with van der Waals surface area (Å²) in [7, 11) is -1.36. The van der Waals surface area contributed by atoms with Gasteiger partial charge in [-0.05, 0) is 33.8 Å². The first-order valence-electron chi connectivity index (χ1n) is 9.77. The maximum Gasteiger partial charge on any atom is 0.259 e. The Hall–Kier alpha value is -1.50. The zero-order valence-corrected chi connectivity index (χ0v) is 21.4. The second-order valence-corrected chi connectivity index (χ2v) is 8.60. The first kappa shape index (κ1) is 27.5. The van der Waals surface area contributed by atoms with Crippen molar-refractivity contribution in [3.63, 3.8) is 0 Å². The molecule has 2 aromatic rings. The third-order valence-electron chi connectivity index (χ3n) is 4.27. The number of pyridine rings is 1. The molecule has 31 heavy (non-hydrogen) atoms. The summed E-state index contributed by atoms with van der Waals surface area (Å²) >= 11 is 0. The monoisotopic (exact) mass is 629 g/mol. The molecular formula is C19H29IrN6O4P. The number of hydrogen-bond donors (Lipinski definition) is 2. The predicted molar refractivity (Wildman–Crippen MR) is 113 cm³/mol. The van der Waals surface area contributed by atoms with Gasteiger partial charge in [0.05, 0.1) is 31.3 Å². The Labute approximate surface area is 197 Å². The van der Waals surface area contributed by atoms with E-state index in [0.717, 1.165) is 0 Å². The summed E-state index contributed by atoms with van der Waals surface area (Å²) in [6.07, 6.45) is 1.68. The van der Waals surface area contributed by atoms with Crippen LogP contribution < -0.4 is 5.73 Å². The van der Waals surface area contributed by atoms with Crippen LogP contribution in [0.5, 0.6) is 0 Å². The second kappa shape index (κ2) is 13.1. The molecule has 0 aromatic carbocycles. The van der Waals surface area contributed by atoms with Gasteiger partial charge < -0.3 is 24.5 Å². The van der Waals surface area contributed by atoms with E-state index < -0.39 is 14.4 Å². The topological polar surface area (TPSA) is 140 Å². The minimum absolute atomic E-state index is 0. The Kier molecular flexibility index (Phi) is 11.7. The molecular weight excluding hydrogens is 599 g/mol. The number of aromatic nitrogens is 3. The van der Waals surface area contributed by atoms with E-state index in [1.54, 1.807) is 10.6 Å². The standard InChI is InChI=1S/C19H29N6O4P.Ir/c1-13(2)25(14(3)4)30(28-8-5-6-20)29-9-7-24-17(12-26)23-16-10-15(18(21)27)11-22-19(16)24;/h10-11,13-14,26H,5,7-9,12H2,1-4H3,(H2,21,27);. The third kappa shape index (κ3) is 7.26. The predicted octanol–water partition coefficient (Wildman–Crippen LogP) is 2.31. The number of imidazole rings is 1. The molecule has 0 fully saturated rings. The Balaban J connectivity index is 0.00000480. The van der Waals surface area contributed by atoms with Crippen molar-refractivity contribution in [3.05, 3.63) is 23.7 Å². The molecule has 1 atom stereocenters. The van der Waals surface area contributed by atoms with E-state index in [4.69, 9.17) is 20.0 Å². The van der Waals surface area contributed by atoms with Gasteiger partial charge in [-0.25, -0.2) is 14.6 Å². The van der Waals surface area contributed by atoms with Gasteiger partial charge in [0.2, 0.25) is 5.91 Å². The van der Waals surface area contributed by atoms with Crippen molar-refractivity contribution in [3.8, 4) is 6.07 Å². The molecule has 0 aliphatic rings. The molecule has 2 aromatic heterocycles. The third-order valence-corrected chi connectivity index (χ3v) is 6.38. The van der Waals surface area contributed by atoms with Crippen LogP contribution in [0.1, 0.15) is 50.3 Å². The van der Waals surface area contributed by atoms with Crippen molar-refractivity contribution in [1.82, 2.24) is 19.2 Å². The first-order valence-corrected chi connectivity index (χ1v) is 10.9. The Bertz CT molecular complexity index is 893. The van der Waals surface area contributed by atoms with E-state index in [1.807, 2.05) is 0 Å². The fourth-order valence-corrected chi connectivity index (χ4v) is 4.65. The molecule has 3 N–H and O–H groups in total. The van der Waals surface area contributed by atoms with Gasteiger partial charge in [0.25, 0.3) is 8.53 Å². The number of aliphatic hydroxyl groups is 1. The summed E-state index contributed by atoms with van der Waals surface area (Å²) in [5.41, 5.74) is 6.57. The number of nitriles is 1. The smallest absolute Gasteiger partial charge is 0.259 e. The Morgan fingerprint density at radius 2 is 1.97 bits per heavy atom. The largest absolute Gasteiger partial charge is 0.388 e. The van der Waals surface area contributed by atoms with Crippen molar-refractivity contribution < 1.29 is 39.1 Å².